The molecule has 0 spiro atoms. The van der Waals surface area contributed by atoms with Gasteiger partial charge in [0.1, 0.15) is 5.52 Å². The first-order chi connectivity index (χ1) is 7.83. The highest BCUT2D eigenvalue weighted by Crippen LogP contribution is 2.25. The first-order valence-corrected chi connectivity index (χ1v) is 5.86. The van der Waals surface area contributed by atoms with Crippen LogP contribution in [0.4, 0.5) is 0 Å². The van der Waals surface area contributed by atoms with E-state index in [1.807, 2.05) is 0 Å². The zero-order valence-corrected chi connectivity index (χ0v) is 9.40. The minimum Gasteiger partial charge on any atom is -0.308 e. The van der Waals surface area contributed by atoms with E-state index in [-0.39, 0.29) is 0 Å². The van der Waals surface area contributed by atoms with Crippen molar-refractivity contribution < 1.29 is 0 Å². The molecule has 0 radical (unpaired) electrons. The van der Waals surface area contributed by atoms with E-state index in [0.29, 0.717) is 6.04 Å². The van der Waals surface area contributed by atoms with Gasteiger partial charge in [-0.15, -0.1) is 0 Å². The highest BCUT2D eigenvalue weighted by molar-refractivity contribution is 5.73. The molecule has 1 aliphatic heterocycles. The number of fused-ring (bicyclic) bond motifs is 1. The van der Waals surface area contributed by atoms with Crippen LogP contribution >= 0.6 is 0 Å². The fourth-order valence-electron chi connectivity index (χ4n) is 2.29. The number of aromatic amines is 1. The van der Waals surface area contributed by atoms with E-state index in [2.05, 4.69) is 39.6 Å². The molecule has 2 aromatic heterocycles. The molecule has 0 unspecified atom stereocenters. The van der Waals surface area contributed by atoms with Crippen molar-refractivity contribution >= 4 is 11.0 Å². The van der Waals surface area contributed by atoms with Crippen molar-refractivity contribution in [3.05, 3.63) is 24.0 Å². The number of aromatic nitrogens is 3. The SMILES string of the molecule is C[C@@H]1CC[C@@H](c2ccc3[nH]ncc3n2)NC1. The third-order valence-corrected chi connectivity index (χ3v) is 3.34. The van der Waals surface area contributed by atoms with Crippen molar-refractivity contribution in [3.63, 3.8) is 0 Å². The largest absolute Gasteiger partial charge is 0.308 e. The molecular weight excluding hydrogens is 200 g/mol. The maximum atomic E-state index is 4.63. The van der Waals surface area contributed by atoms with Crippen molar-refractivity contribution in [3.8, 4) is 0 Å². The fraction of sp³-hybridized carbons (Fsp3) is 0.500. The molecule has 0 amide bonds. The number of rotatable bonds is 1. The lowest BCUT2D eigenvalue weighted by atomic mass is 9.94. The minimum absolute atomic E-state index is 0.412. The molecule has 4 heteroatoms. The molecule has 0 aromatic carbocycles. The van der Waals surface area contributed by atoms with Gasteiger partial charge in [0, 0.05) is 6.04 Å². The fourth-order valence-corrected chi connectivity index (χ4v) is 2.29. The molecule has 3 heterocycles. The molecule has 0 saturated carbocycles. The van der Waals surface area contributed by atoms with Crippen molar-refractivity contribution in [1.82, 2.24) is 20.5 Å². The van der Waals surface area contributed by atoms with Gasteiger partial charge < -0.3 is 5.32 Å². The average molecular weight is 216 g/mol. The highest BCUT2D eigenvalue weighted by Gasteiger charge is 2.20. The molecule has 2 N–H and O–H groups in total. The van der Waals surface area contributed by atoms with Gasteiger partial charge in [-0.25, -0.2) is 4.98 Å². The van der Waals surface area contributed by atoms with Gasteiger partial charge in [0.25, 0.3) is 0 Å². The van der Waals surface area contributed by atoms with Crippen LogP contribution in [0, 0.1) is 5.92 Å². The summed E-state index contributed by atoms with van der Waals surface area (Å²) in [6.45, 7) is 3.38. The van der Waals surface area contributed by atoms with Crippen molar-refractivity contribution in [1.29, 1.82) is 0 Å². The quantitative estimate of drug-likeness (QED) is 0.766. The Hall–Kier alpha value is -1.42. The van der Waals surface area contributed by atoms with Gasteiger partial charge in [-0.05, 0) is 37.4 Å². The van der Waals surface area contributed by atoms with E-state index in [1.54, 1.807) is 6.20 Å². The standard InChI is InChI=1S/C12H16N4/c1-8-2-3-9(13-6-8)10-4-5-11-12(15-10)7-14-16-11/h4-5,7-9,13H,2-3,6H2,1H3,(H,14,16)/t8-,9+/m1/s1. The summed E-state index contributed by atoms with van der Waals surface area (Å²) >= 11 is 0. The number of nitrogens with zero attached hydrogens (tertiary/aromatic N) is 2. The summed E-state index contributed by atoms with van der Waals surface area (Å²) < 4.78 is 0. The average Bonchev–Trinajstić information content (AvgIpc) is 2.77. The molecule has 2 atom stereocenters. The van der Waals surface area contributed by atoms with Crippen LogP contribution in [0.5, 0.6) is 0 Å². The van der Waals surface area contributed by atoms with E-state index in [1.165, 1.54) is 12.8 Å². The molecule has 1 fully saturated rings. The lowest BCUT2D eigenvalue weighted by molar-refractivity contribution is 0.329. The second kappa shape index (κ2) is 3.87. The van der Waals surface area contributed by atoms with E-state index < -0.39 is 0 Å². The van der Waals surface area contributed by atoms with Crippen LogP contribution in [-0.2, 0) is 0 Å². The summed E-state index contributed by atoms with van der Waals surface area (Å²) in [6.07, 6.45) is 4.24. The first-order valence-electron chi connectivity index (χ1n) is 5.86. The first kappa shape index (κ1) is 9.78. The van der Waals surface area contributed by atoms with Gasteiger partial charge in [-0.2, -0.15) is 5.10 Å². The lowest BCUT2D eigenvalue weighted by Crippen LogP contribution is -2.32. The Morgan fingerprint density at radius 3 is 3.06 bits per heavy atom. The second-order valence-corrected chi connectivity index (χ2v) is 4.68. The van der Waals surface area contributed by atoms with Crippen molar-refractivity contribution in [2.75, 3.05) is 6.54 Å². The van der Waals surface area contributed by atoms with Crippen molar-refractivity contribution in [2.45, 2.75) is 25.8 Å². The number of piperidine rings is 1. The Labute approximate surface area is 94.5 Å². The lowest BCUT2D eigenvalue weighted by Gasteiger charge is -2.27. The number of hydrogen-bond donors (Lipinski definition) is 2. The smallest absolute Gasteiger partial charge is 0.108 e. The molecule has 1 saturated heterocycles. The van der Waals surface area contributed by atoms with E-state index in [0.717, 1.165) is 29.2 Å². The summed E-state index contributed by atoms with van der Waals surface area (Å²) in [5, 5.41) is 10.5. The van der Waals surface area contributed by atoms with Crippen LogP contribution in [0.2, 0.25) is 0 Å². The molecule has 1 aliphatic rings. The predicted molar refractivity (Wildman–Crippen MR) is 63.0 cm³/mol. The Morgan fingerprint density at radius 2 is 2.25 bits per heavy atom. The van der Waals surface area contributed by atoms with E-state index >= 15 is 0 Å². The van der Waals surface area contributed by atoms with Gasteiger partial charge in [0.05, 0.1) is 17.4 Å². The van der Waals surface area contributed by atoms with Gasteiger partial charge in [0.15, 0.2) is 0 Å². The molecule has 16 heavy (non-hydrogen) atoms. The third-order valence-electron chi connectivity index (χ3n) is 3.34. The van der Waals surface area contributed by atoms with Crippen LogP contribution in [0.3, 0.4) is 0 Å². The Kier molecular flexibility index (Phi) is 2.36. The summed E-state index contributed by atoms with van der Waals surface area (Å²) in [5.41, 5.74) is 3.10. The molecular formula is C12H16N4. The number of hydrogen-bond acceptors (Lipinski definition) is 3. The van der Waals surface area contributed by atoms with Crippen LogP contribution in [-0.4, -0.2) is 21.7 Å². The van der Waals surface area contributed by atoms with Crippen LogP contribution in [0.1, 0.15) is 31.5 Å². The molecule has 3 rings (SSSR count). The number of H-pyrrole nitrogens is 1. The normalized spacial score (nSPS) is 26.1. The summed E-state index contributed by atoms with van der Waals surface area (Å²) in [4.78, 5) is 4.63. The highest BCUT2D eigenvalue weighted by atomic mass is 15.1. The molecule has 4 nitrogen and oxygen atoms in total. The van der Waals surface area contributed by atoms with Gasteiger partial charge in [-0.1, -0.05) is 6.92 Å². The second-order valence-electron chi connectivity index (χ2n) is 4.68. The van der Waals surface area contributed by atoms with Gasteiger partial charge in [-0.3, -0.25) is 5.10 Å². The predicted octanol–water partition coefficient (Wildman–Crippen LogP) is 2.02. The Balaban J connectivity index is 1.87. The monoisotopic (exact) mass is 216 g/mol. The van der Waals surface area contributed by atoms with E-state index in [9.17, 15) is 0 Å². The maximum Gasteiger partial charge on any atom is 0.108 e. The summed E-state index contributed by atoms with van der Waals surface area (Å²) in [7, 11) is 0. The van der Waals surface area contributed by atoms with Crippen LogP contribution < -0.4 is 5.32 Å². The van der Waals surface area contributed by atoms with Crippen molar-refractivity contribution in [2.24, 2.45) is 5.92 Å². The topological polar surface area (TPSA) is 53.6 Å². The summed E-state index contributed by atoms with van der Waals surface area (Å²) in [5.74, 6) is 0.786. The third kappa shape index (κ3) is 1.69. The maximum absolute atomic E-state index is 4.63. The Bertz CT molecular complexity index is 482. The zero-order valence-electron chi connectivity index (χ0n) is 9.40. The minimum atomic E-state index is 0.412. The molecule has 0 aliphatic carbocycles. The number of nitrogens with one attached hydrogen (secondary N) is 2. The Morgan fingerprint density at radius 1 is 1.31 bits per heavy atom. The molecule has 84 valence electrons. The van der Waals surface area contributed by atoms with Crippen LogP contribution in [0.25, 0.3) is 11.0 Å². The van der Waals surface area contributed by atoms with E-state index in [4.69, 9.17) is 0 Å². The van der Waals surface area contributed by atoms with Gasteiger partial charge >= 0.3 is 0 Å². The van der Waals surface area contributed by atoms with Gasteiger partial charge in [0.2, 0.25) is 0 Å². The summed E-state index contributed by atoms with van der Waals surface area (Å²) in [6, 6.07) is 4.56. The van der Waals surface area contributed by atoms with Crippen LogP contribution in [0.15, 0.2) is 18.3 Å². The molecule has 2 aromatic rings. The zero-order chi connectivity index (χ0) is 11.0. The number of pyridine rings is 1. The molecule has 0 bridgehead atoms.